The van der Waals surface area contributed by atoms with Crippen molar-refractivity contribution in [3.63, 3.8) is 0 Å². The average Bonchev–Trinajstić information content (AvgIpc) is 1.81. The zero-order chi connectivity index (χ0) is 6.24. The van der Waals surface area contributed by atoms with Gasteiger partial charge in [0, 0.05) is 21.7 Å². The molecule has 0 bridgehead atoms. The maximum atomic E-state index is 7.83. The van der Waals surface area contributed by atoms with Crippen LogP contribution in [0.1, 0.15) is 12.8 Å². The molecule has 0 saturated carbocycles. The summed E-state index contributed by atoms with van der Waals surface area (Å²) in [6.45, 7) is 0.679. The highest BCUT2D eigenvalue weighted by molar-refractivity contribution is 6.08. The SMILES string of the molecule is [N-]=[N+]=NCCCC[SiH3]. The molecule has 0 atom stereocenters. The zero-order valence-corrected chi connectivity index (χ0v) is 7.17. The van der Waals surface area contributed by atoms with E-state index in [9.17, 15) is 0 Å². The van der Waals surface area contributed by atoms with Crippen LogP contribution in [0.15, 0.2) is 5.11 Å². The number of unbranched alkanes of at least 4 members (excludes halogenated alkanes) is 1. The molecule has 46 valence electrons. The molecule has 0 radical (unpaired) electrons. The molecule has 0 aromatic heterocycles. The van der Waals surface area contributed by atoms with E-state index in [-0.39, 0.29) is 0 Å². The van der Waals surface area contributed by atoms with Crippen molar-refractivity contribution in [2.45, 2.75) is 18.9 Å². The van der Waals surface area contributed by atoms with Crippen LogP contribution in [0.2, 0.25) is 6.04 Å². The minimum absolute atomic E-state index is 0.679. The van der Waals surface area contributed by atoms with Crippen molar-refractivity contribution in [3.05, 3.63) is 10.4 Å². The lowest BCUT2D eigenvalue weighted by Gasteiger charge is -1.86. The minimum atomic E-state index is 0.679. The van der Waals surface area contributed by atoms with Gasteiger partial charge < -0.3 is 0 Å². The van der Waals surface area contributed by atoms with Gasteiger partial charge in [-0.1, -0.05) is 17.6 Å². The van der Waals surface area contributed by atoms with E-state index in [0.29, 0.717) is 6.54 Å². The molecule has 0 saturated heterocycles. The first kappa shape index (κ1) is 7.53. The third kappa shape index (κ3) is 5.53. The molecule has 0 N–H and O–H groups in total. The van der Waals surface area contributed by atoms with Crippen molar-refractivity contribution >= 4 is 10.2 Å². The molecule has 0 unspecified atom stereocenters. The van der Waals surface area contributed by atoms with Gasteiger partial charge in [-0.3, -0.25) is 0 Å². The topological polar surface area (TPSA) is 48.8 Å². The number of nitrogens with zero attached hydrogens (tertiary/aromatic N) is 3. The predicted molar refractivity (Wildman–Crippen MR) is 38.0 cm³/mol. The Morgan fingerprint density at radius 3 is 2.75 bits per heavy atom. The summed E-state index contributed by atoms with van der Waals surface area (Å²) < 4.78 is 0. The van der Waals surface area contributed by atoms with Crippen LogP contribution in [0.3, 0.4) is 0 Å². The summed E-state index contributed by atoms with van der Waals surface area (Å²) in [4.78, 5) is 2.64. The van der Waals surface area contributed by atoms with Crippen LogP contribution in [0.5, 0.6) is 0 Å². The van der Waals surface area contributed by atoms with Crippen molar-refractivity contribution in [1.29, 1.82) is 0 Å². The van der Waals surface area contributed by atoms with Gasteiger partial charge in [0.05, 0.1) is 0 Å². The van der Waals surface area contributed by atoms with E-state index in [1.54, 1.807) is 0 Å². The molecular formula is C4H11N3Si. The van der Waals surface area contributed by atoms with Crippen LogP contribution in [0, 0.1) is 0 Å². The quantitative estimate of drug-likeness (QED) is 0.178. The molecule has 8 heavy (non-hydrogen) atoms. The fourth-order valence-corrected chi connectivity index (χ4v) is 0.977. The summed E-state index contributed by atoms with van der Waals surface area (Å²) >= 11 is 0. The molecule has 0 aliphatic rings. The minimum Gasteiger partial charge on any atom is -0.0940 e. The maximum Gasteiger partial charge on any atom is 0.0257 e. The van der Waals surface area contributed by atoms with E-state index in [4.69, 9.17) is 5.53 Å². The van der Waals surface area contributed by atoms with E-state index < -0.39 is 0 Å². The Morgan fingerprint density at radius 1 is 1.50 bits per heavy atom. The Bertz CT molecular complexity index is 87.3. The summed E-state index contributed by atoms with van der Waals surface area (Å²) in [5, 5.41) is 3.41. The number of hydrogen-bond acceptors (Lipinski definition) is 1. The molecule has 3 nitrogen and oxygen atoms in total. The zero-order valence-electron chi connectivity index (χ0n) is 5.17. The molecule has 0 aromatic rings. The number of hydrogen-bond donors (Lipinski definition) is 0. The van der Waals surface area contributed by atoms with Gasteiger partial charge in [-0.25, -0.2) is 0 Å². The van der Waals surface area contributed by atoms with Gasteiger partial charge in [0.15, 0.2) is 0 Å². The lowest BCUT2D eigenvalue weighted by Crippen LogP contribution is -1.77. The fraction of sp³-hybridized carbons (Fsp3) is 1.00. The van der Waals surface area contributed by atoms with Gasteiger partial charge in [-0.15, -0.1) is 0 Å². The first-order valence-electron chi connectivity index (χ1n) is 2.92. The van der Waals surface area contributed by atoms with E-state index in [2.05, 4.69) is 10.0 Å². The predicted octanol–water partition coefficient (Wildman–Crippen LogP) is 0.861. The standard InChI is InChI=1S/C4H11N3Si/c5-7-6-3-1-2-4-8/h1-4H2,8H3. The van der Waals surface area contributed by atoms with Crippen molar-refractivity contribution in [1.82, 2.24) is 0 Å². The van der Waals surface area contributed by atoms with Crippen molar-refractivity contribution < 1.29 is 0 Å². The second kappa shape index (κ2) is 6.53. The lowest BCUT2D eigenvalue weighted by atomic mass is 10.3. The largest absolute Gasteiger partial charge is 0.0940 e. The van der Waals surface area contributed by atoms with Gasteiger partial charge in [0.2, 0.25) is 0 Å². The van der Waals surface area contributed by atoms with E-state index in [1.807, 2.05) is 0 Å². The Morgan fingerprint density at radius 2 is 2.25 bits per heavy atom. The van der Waals surface area contributed by atoms with Crippen LogP contribution < -0.4 is 0 Å². The van der Waals surface area contributed by atoms with Gasteiger partial charge in [-0.05, 0) is 12.0 Å². The van der Waals surface area contributed by atoms with Crippen LogP contribution in [-0.4, -0.2) is 16.8 Å². The highest BCUT2D eigenvalue weighted by Crippen LogP contribution is 1.91. The third-order valence-electron chi connectivity index (χ3n) is 0.925. The monoisotopic (exact) mass is 129 g/mol. The number of rotatable bonds is 4. The van der Waals surface area contributed by atoms with Crippen LogP contribution >= 0.6 is 0 Å². The second-order valence-electron chi connectivity index (χ2n) is 1.66. The molecule has 0 spiro atoms. The summed E-state index contributed by atoms with van der Waals surface area (Å²) in [5.41, 5.74) is 7.83. The average molecular weight is 129 g/mol. The molecule has 0 aliphatic carbocycles. The highest BCUT2D eigenvalue weighted by atomic mass is 28.1. The molecule has 0 heterocycles. The molecule has 0 amide bonds. The molecule has 0 rings (SSSR count). The summed E-state index contributed by atoms with van der Waals surface area (Å²) in [5.74, 6) is 0. The van der Waals surface area contributed by atoms with Crippen LogP contribution in [0.4, 0.5) is 0 Å². The van der Waals surface area contributed by atoms with E-state index >= 15 is 0 Å². The Hall–Kier alpha value is -0.473. The van der Waals surface area contributed by atoms with Crippen molar-refractivity contribution in [3.8, 4) is 0 Å². The van der Waals surface area contributed by atoms with Crippen molar-refractivity contribution in [2.75, 3.05) is 6.54 Å². The maximum absolute atomic E-state index is 7.83. The van der Waals surface area contributed by atoms with Gasteiger partial charge in [0.1, 0.15) is 0 Å². The van der Waals surface area contributed by atoms with Crippen LogP contribution in [0.25, 0.3) is 10.4 Å². The van der Waals surface area contributed by atoms with E-state index in [0.717, 1.165) is 6.42 Å². The van der Waals surface area contributed by atoms with Gasteiger partial charge in [0.25, 0.3) is 0 Å². The Labute approximate surface area is 52.1 Å². The van der Waals surface area contributed by atoms with Crippen molar-refractivity contribution in [2.24, 2.45) is 5.11 Å². The highest BCUT2D eigenvalue weighted by Gasteiger charge is 1.79. The third-order valence-corrected chi connectivity index (χ3v) is 1.63. The first-order valence-corrected chi connectivity index (χ1v) is 4.34. The lowest BCUT2D eigenvalue weighted by molar-refractivity contribution is 0.801. The first-order chi connectivity index (χ1) is 3.91. The molecular weight excluding hydrogens is 118 g/mol. The molecule has 0 aliphatic heterocycles. The molecule has 0 fully saturated rings. The summed E-state index contributed by atoms with van der Waals surface area (Å²) in [6.07, 6.45) is 2.29. The Kier molecular flexibility index (Phi) is 6.14. The molecule has 4 heteroatoms. The smallest absolute Gasteiger partial charge is 0.0257 e. The van der Waals surface area contributed by atoms with Crippen LogP contribution in [-0.2, 0) is 0 Å². The van der Waals surface area contributed by atoms with Gasteiger partial charge >= 0.3 is 0 Å². The Balaban J connectivity index is 2.82. The summed E-state index contributed by atoms with van der Waals surface area (Å²) in [7, 11) is 1.27. The van der Waals surface area contributed by atoms with Gasteiger partial charge in [-0.2, -0.15) is 0 Å². The fourth-order valence-electron chi connectivity index (χ4n) is 0.477. The normalized spacial score (nSPS) is 8.50. The summed E-state index contributed by atoms with van der Waals surface area (Å²) in [6, 6.07) is 1.32. The number of azide groups is 1. The second-order valence-corrected chi connectivity index (χ2v) is 2.66. The molecule has 0 aromatic carbocycles. The van der Waals surface area contributed by atoms with E-state index in [1.165, 1.54) is 22.7 Å².